The molecule has 20 nitrogen and oxygen atoms in total. The number of pyridine rings is 2. The molecule has 2 aliphatic rings. The first-order chi connectivity index (χ1) is 38.1. The number of benzene rings is 2. The number of fused-ring (bicyclic) bond motifs is 2. The van der Waals surface area contributed by atoms with Gasteiger partial charge in [0.15, 0.2) is 23.9 Å². The Balaban J connectivity index is 0.000000180. The first kappa shape index (κ1) is 57.1. The van der Waals surface area contributed by atoms with Crippen molar-refractivity contribution in [1.29, 1.82) is 0 Å². The monoisotopic (exact) mass is 1110 g/mol. The molecule has 0 aliphatic carbocycles. The minimum atomic E-state index is -4.42. The lowest BCUT2D eigenvalue weighted by atomic mass is 9.88. The van der Waals surface area contributed by atoms with Crippen molar-refractivity contribution in [2.24, 2.45) is 0 Å². The number of nitrogens with zero attached hydrogens (tertiary/aromatic N) is 12. The number of ether oxygens (including phenoxy) is 2. The Bertz CT molecular complexity index is 3320. The summed E-state index contributed by atoms with van der Waals surface area (Å²) in [5, 5.41) is 41.5. The lowest BCUT2D eigenvalue weighted by Crippen LogP contribution is -2.39. The van der Waals surface area contributed by atoms with Crippen LogP contribution in [0.2, 0.25) is 0 Å². The van der Waals surface area contributed by atoms with Crippen LogP contribution in [0.1, 0.15) is 106 Å². The summed E-state index contributed by atoms with van der Waals surface area (Å²) in [5.74, 6) is -1.66. The highest BCUT2D eigenvalue weighted by Gasteiger charge is 2.39. The average molecular weight is 1110 g/mol. The topological polar surface area (TPSA) is 256 Å². The Labute approximate surface area is 452 Å². The van der Waals surface area contributed by atoms with Crippen molar-refractivity contribution in [2.75, 3.05) is 14.2 Å². The number of halogens is 6. The molecule has 2 aromatic carbocycles. The first-order valence-corrected chi connectivity index (χ1v) is 24.6. The molecule has 2 aliphatic heterocycles. The molecule has 4 atom stereocenters. The number of rotatable bonds is 13. The van der Waals surface area contributed by atoms with Crippen LogP contribution in [-0.2, 0) is 35.0 Å². The molecule has 0 unspecified atom stereocenters. The standard InChI is InChI=1S/2C25H23F3N6O.C4H6O6/c2*1-16-14-33(15-29-16)21-11-9-17(30-24(21)35-2)10-12-22-31-23-19(7-5-13-34(23)32-22)18-6-3-4-8-20(18)25(26,27)28;5-1(3(7)8)2(6)4(9)10/h2*3-4,6,8-12,14-15,19H,5,7,13H2,1-2H3;1-2,5-6H,(H,7,8)(H,9,10)/b2*12-10+;/t2*19-;1-,2-/m000/s1. The smallest absolute Gasteiger partial charge is 0.416 e. The third-order valence-electron chi connectivity index (χ3n) is 12.8. The van der Waals surface area contributed by atoms with Crippen LogP contribution in [0.4, 0.5) is 26.3 Å². The summed E-state index contributed by atoms with van der Waals surface area (Å²) in [5.41, 5.74) is 3.76. The Morgan fingerprint density at radius 2 is 0.975 bits per heavy atom. The molecule has 10 rings (SSSR count). The second-order valence-corrected chi connectivity index (χ2v) is 18.3. The summed E-state index contributed by atoms with van der Waals surface area (Å²) < 4.78 is 99.7. The van der Waals surface area contributed by atoms with E-state index in [4.69, 9.17) is 29.9 Å². The number of carboxylic acid groups (broad SMARTS) is 2. The second-order valence-electron chi connectivity index (χ2n) is 18.3. The first-order valence-electron chi connectivity index (χ1n) is 24.6. The van der Waals surface area contributed by atoms with Crippen LogP contribution in [0.25, 0.3) is 35.7 Å². The molecule has 4 N–H and O–H groups in total. The molecular formula is C54H52F6N12O8. The van der Waals surface area contributed by atoms with Crippen LogP contribution in [0.15, 0.2) is 97.8 Å². The zero-order valence-corrected chi connectivity index (χ0v) is 43.2. The summed E-state index contributed by atoms with van der Waals surface area (Å²) >= 11 is 0. The maximum absolute atomic E-state index is 13.6. The van der Waals surface area contributed by atoms with Gasteiger partial charge in [-0.25, -0.2) is 48.9 Å². The van der Waals surface area contributed by atoms with Gasteiger partial charge in [0.25, 0.3) is 0 Å². The third-order valence-corrected chi connectivity index (χ3v) is 12.8. The van der Waals surface area contributed by atoms with E-state index < -0.39 is 59.5 Å². The van der Waals surface area contributed by atoms with Crippen LogP contribution < -0.4 is 9.47 Å². The number of carbonyl (C=O) groups is 2. The lowest BCUT2D eigenvalue weighted by Gasteiger charge is -2.25. The molecule has 0 saturated carbocycles. The molecule has 0 radical (unpaired) electrons. The normalized spacial score (nSPS) is 15.9. The van der Waals surface area contributed by atoms with Crippen LogP contribution in [-0.4, -0.2) is 117 Å². The second kappa shape index (κ2) is 24.3. The fourth-order valence-electron chi connectivity index (χ4n) is 9.06. The number of aromatic nitrogens is 12. The number of aryl methyl sites for hydroxylation is 4. The number of hydrogen-bond donors (Lipinski definition) is 4. The van der Waals surface area contributed by atoms with E-state index >= 15 is 0 Å². The highest BCUT2D eigenvalue weighted by molar-refractivity contribution is 5.83. The van der Waals surface area contributed by atoms with Crippen molar-refractivity contribution < 1.29 is 65.8 Å². The van der Waals surface area contributed by atoms with Crippen molar-refractivity contribution in [1.82, 2.24) is 58.6 Å². The van der Waals surface area contributed by atoms with E-state index in [1.165, 1.54) is 24.3 Å². The van der Waals surface area contributed by atoms with Crippen LogP contribution >= 0.6 is 0 Å². The number of aliphatic hydroxyl groups excluding tert-OH is 2. The molecule has 0 amide bonds. The highest BCUT2D eigenvalue weighted by Crippen LogP contribution is 2.42. The van der Waals surface area contributed by atoms with E-state index in [1.54, 1.807) is 72.7 Å². The van der Waals surface area contributed by atoms with Crippen LogP contribution in [0.5, 0.6) is 11.8 Å². The van der Waals surface area contributed by atoms with Gasteiger partial charge in [0.05, 0.1) is 60.8 Å². The van der Waals surface area contributed by atoms with Crippen LogP contribution in [0, 0.1) is 13.8 Å². The van der Waals surface area contributed by atoms with Crippen molar-refractivity contribution in [2.45, 2.75) is 89.0 Å². The van der Waals surface area contributed by atoms with Crippen molar-refractivity contribution in [3.05, 3.63) is 166 Å². The maximum Gasteiger partial charge on any atom is 0.416 e. The van der Waals surface area contributed by atoms with Crippen molar-refractivity contribution in [3.63, 3.8) is 0 Å². The minimum Gasteiger partial charge on any atom is -0.479 e. The number of alkyl halides is 6. The highest BCUT2D eigenvalue weighted by atomic mass is 19.4. The molecular weight excluding hydrogens is 1060 g/mol. The Hall–Kier alpha value is -9.04. The molecule has 0 spiro atoms. The Morgan fingerprint density at radius 1 is 0.588 bits per heavy atom. The predicted molar refractivity (Wildman–Crippen MR) is 276 cm³/mol. The average Bonchev–Trinajstić information content (AvgIpc) is 4.29. The number of hydrogen-bond acceptors (Lipinski definition) is 14. The van der Waals surface area contributed by atoms with E-state index in [0.717, 1.165) is 47.7 Å². The predicted octanol–water partition coefficient (Wildman–Crippen LogP) is 8.46. The Kier molecular flexibility index (Phi) is 17.4. The van der Waals surface area contributed by atoms with E-state index in [-0.39, 0.29) is 11.1 Å². The molecule has 80 heavy (non-hydrogen) atoms. The number of aliphatic carboxylic acids is 2. The van der Waals surface area contributed by atoms with Gasteiger partial charge >= 0.3 is 24.3 Å². The van der Waals surface area contributed by atoms with Crippen molar-refractivity contribution >= 4 is 36.2 Å². The molecule has 8 aromatic rings. The Morgan fingerprint density at radius 3 is 1.31 bits per heavy atom. The molecule has 8 heterocycles. The minimum absolute atomic E-state index is 0.237. The molecule has 0 fully saturated rings. The van der Waals surface area contributed by atoms with E-state index in [1.807, 2.05) is 59.6 Å². The summed E-state index contributed by atoms with van der Waals surface area (Å²) in [6.07, 6.45) is 3.31. The van der Waals surface area contributed by atoms with Gasteiger partial charge in [-0.15, -0.1) is 0 Å². The fourth-order valence-corrected chi connectivity index (χ4v) is 9.06. The summed E-state index contributed by atoms with van der Waals surface area (Å²) in [6, 6.07) is 18.8. The number of carboxylic acids is 2. The summed E-state index contributed by atoms with van der Waals surface area (Å²) in [7, 11) is 3.10. The van der Waals surface area contributed by atoms with Gasteiger partial charge in [0.1, 0.15) is 23.0 Å². The molecule has 6 aromatic heterocycles. The quantitative estimate of drug-likeness (QED) is 0.0790. The fraction of sp³-hybridized carbons (Fsp3) is 0.296. The summed E-state index contributed by atoms with van der Waals surface area (Å²) in [6.45, 7) is 5.03. The third kappa shape index (κ3) is 13.3. The summed E-state index contributed by atoms with van der Waals surface area (Å²) in [4.78, 5) is 46.2. The molecule has 418 valence electrons. The maximum atomic E-state index is 13.6. The van der Waals surface area contributed by atoms with Gasteiger partial charge in [-0.05, 0) is 111 Å². The zero-order valence-electron chi connectivity index (χ0n) is 43.2. The molecule has 0 bridgehead atoms. The van der Waals surface area contributed by atoms with Gasteiger partial charge in [0.2, 0.25) is 11.8 Å². The van der Waals surface area contributed by atoms with Gasteiger partial charge in [-0.3, -0.25) is 0 Å². The van der Waals surface area contributed by atoms with Gasteiger partial charge in [-0.2, -0.15) is 36.5 Å². The van der Waals surface area contributed by atoms with Gasteiger partial charge in [-0.1, -0.05) is 36.4 Å². The lowest BCUT2D eigenvalue weighted by molar-refractivity contribution is -0.165. The van der Waals surface area contributed by atoms with E-state index in [2.05, 4.69) is 40.1 Å². The van der Waals surface area contributed by atoms with E-state index in [9.17, 15) is 35.9 Å². The van der Waals surface area contributed by atoms with Crippen molar-refractivity contribution in [3.8, 4) is 23.1 Å². The zero-order chi connectivity index (χ0) is 57.5. The SMILES string of the molecule is COc1nc(/C=C/c2nc3n(n2)CCC[C@H]3c2ccccc2C(F)(F)F)ccc1-n1cnc(C)c1.COc1nc(/C=C/c2nc3n(n2)CCC[C@H]3c2ccccc2C(F)(F)F)ccc1-n1cnc(C)c1.O=C(O)[C@@H](O)[C@H](O)C(=O)O. The number of aliphatic hydroxyl groups is 2. The molecule has 0 saturated heterocycles. The number of imidazole rings is 2. The molecule has 26 heteroatoms. The largest absolute Gasteiger partial charge is 0.479 e. The van der Waals surface area contributed by atoms with Gasteiger partial charge < -0.3 is 39.0 Å². The van der Waals surface area contributed by atoms with E-state index in [0.29, 0.717) is 72.4 Å². The van der Waals surface area contributed by atoms with Gasteiger partial charge in [0, 0.05) is 37.3 Å². The van der Waals surface area contributed by atoms with Crippen LogP contribution in [0.3, 0.4) is 0 Å². The number of methoxy groups -OCH3 is 2.